The van der Waals surface area contributed by atoms with Crippen LogP contribution in [0.5, 0.6) is 0 Å². The number of carbonyl (C=O) groups is 1. The molecule has 0 aliphatic heterocycles. The van der Waals surface area contributed by atoms with E-state index in [1.54, 1.807) is 6.92 Å². The van der Waals surface area contributed by atoms with Gasteiger partial charge in [-0.05, 0) is 19.8 Å². The Morgan fingerprint density at radius 1 is 1.53 bits per heavy atom. The molecule has 0 bridgehead atoms. The molecule has 1 aromatic heterocycles. The number of carbonyl (C=O) groups excluding carboxylic acids is 1. The lowest BCUT2D eigenvalue weighted by atomic mass is 10.2. The van der Waals surface area contributed by atoms with Gasteiger partial charge in [-0.25, -0.2) is 14.8 Å². The van der Waals surface area contributed by atoms with E-state index < -0.39 is 5.97 Å². The maximum Gasteiger partial charge on any atom is 0.341 e. The first kappa shape index (κ1) is 10.0. The molecule has 1 heterocycles. The summed E-state index contributed by atoms with van der Waals surface area (Å²) in [5.41, 5.74) is 5.92. The molecule has 1 saturated carbocycles. The molecule has 0 aromatic carbocycles. The van der Waals surface area contributed by atoms with Crippen molar-refractivity contribution < 1.29 is 9.53 Å². The van der Waals surface area contributed by atoms with Crippen LogP contribution in [-0.2, 0) is 10.3 Å². The van der Waals surface area contributed by atoms with Crippen LogP contribution in [0.15, 0.2) is 12.4 Å². The largest absolute Gasteiger partial charge is 0.462 e. The molecule has 1 fully saturated rings. The summed E-state index contributed by atoms with van der Waals surface area (Å²) >= 11 is 0. The fraction of sp³-hybridized carbons (Fsp3) is 0.500. The molecule has 80 valence electrons. The topological polar surface area (TPSA) is 78.1 Å². The summed E-state index contributed by atoms with van der Waals surface area (Å²) in [6.45, 7) is 2.10. The van der Waals surface area contributed by atoms with Crippen LogP contribution in [0.2, 0.25) is 0 Å². The molecule has 0 atom stereocenters. The molecule has 1 aliphatic rings. The summed E-state index contributed by atoms with van der Waals surface area (Å²) in [6.07, 6.45) is 4.75. The van der Waals surface area contributed by atoms with Gasteiger partial charge in [0.25, 0.3) is 0 Å². The number of ether oxygens (including phenoxy) is 1. The SMILES string of the molecule is CCOC(=O)c1cnc(C2(N)CC2)nc1. The number of hydrogen-bond acceptors (Lipinski definition) is 5. The summed E-state index contributed by atoms with van der Waals surface area (Å²) in [4.78, 5) is 19.4. The van der Waals surface area contributed by atoms with E-state index in [-0.39, 0.29) is 5.54 Å². The van der Waals surface area contributed by atoms with Crippen LogP contribution >= 0.6 is 0 Å². The Bertz CT molecular complexity index is 371. The van der Waals surface area contributed by atoms with E-state index in [2.05, 4.69) is 9.97 Å². The molecule has 5 heteroatoms. The Kier molecular flexibility index (Phi) is 2.40. The zero-order valence-corrected chi connectivity index (χ0v) is 8.56. The lowest BCUT2D eigenvalue weighted by Gasteiger charge is -2.06. The van der Waals surface area contributed by atoms with Crippen molar-refractivity contribution in [3.8, 4) is 0 Å². The first-order valence-corrected chi connectivity index (χ1v) is 4.94. The van der Waals surface area contributed by atoms with E-state index in [4.69, 9.17) is 10.5 Å². The molecule has 0 saturated heterocycles. The lowest BCUT2D eigenvalue weighted by Crippen LogP contribution is -2.22. The fourth-order valence-corrected chi connectivity index (χ4v) is 1.26. The van der Waals surface area contributed by atoms with Gasteiger partial charge in [-0.3, -0.25) is 0 Å². The lowest BCUT2D eigenvalue weighted by molar-refractivity contribution is 0.0525. The minimum absolute atomic E-state index is 0.349. The fourth-order valence-electron chi connectivity index (χ4n) is 1.26. The average Bonchev–Trinajstić information content (AvgIpc) is 2.99. The molecule has 0 radical (unpaired) electrons. The highest BCUT2D eigenvalue weighted by Gasteiger charge is 2.42. The van der Waals surface area contributed by atoms with Gasteiger partial charge in [-0.1, -0.05) is 0 Å². The van der Waals surface area contributed by atoms with E-state index in [9.17, 15) is 4.79 Å². The van der Waals surface area contributed by atoms with Crippen LogP contribution in [-0.4, -0.2) is 22.5 Å². The Morgan fingerprint density at radius 3 is 2.60 bits per heavy atom. The standard InChI is InChI=1S/C10H13N3O2/c1-2-15-8(14)7-5-12-9(13-6-7)10(11)3-4-10/h5-6H,2-4,11H2,1H3. The Balaban J connectivity index is 2.13. The number of aromatic nitrogens is 2. The molecule has 0 unspecified atom stereocenters. The molecule has 0 spiro atoms. The van der Waals surface area contributed by atoms with E-state index in [1.165, 1.54) is 12.4 Å². The third-order valence-electron chi connectivity index (χ3n) is 2.40. The van der Waals surface area contributed by atoms with Crippen LogP contribution in [0.4, 0.5) is 0 Å². The van der Waals surface area contributed by atoms with Gasteiger partial charge >= 0.3 is 5.97 Å². The van der Waals surface area contributed by atoms with Gasteiger partial charge in [-0.2, -0.15) is 0 Å². The summed E-state index contributed by atoms with van der Waals surface area (Å²) in [5, 5.41) is 0. The molecule has 1 aromatic rings. The van der Waals surface area contributed by atoms with E-state index in [0.717, 1.165) is 12.8 Å². The highest BCUT2D eigenvalue weighted by Crippen LogP contribution is 2.40. The predicted molar refractivity (Wildman–Crippen MR) is 53.1 cm³/mol. The van der Waals surface area contributed by atoms with Crippen molar-refractivity contribution in [2.75, 3.05) is 6.61 Å². The Morgan fingerprint density at radius 2 is 2.13 bits per heavy atom. The molecule has 2 N–H and O–H groups in total. The number of esters is 1. The van der Waals surface area contributed by atoms with Crippen LogP contribution in [0.1, 0.15) is 35.9 Å². The van der Waals surface area contributed by atoms with Crippen molar-refractivity contribution in [2.45, 2.75) is 25.3 Å². The van der Waals surface area contributed by atoms with Crippen LogP contribution in [0.3, 0.4) is 0 Å². The smallest absolute Gasteiger partial charge is 0.341 e. The van der Waals surface area contributed by atoms with Crippen molar-refractivity contribution in [1.82, 2.24) is 9.97 Å². The molecule has 2 rings (SSSR count). The van der Waals surface area contributed by atoms with Crippen LogP contribution in [0.25, 0.3) is 0 Å². The van der Waals surface area contributed by atoms with Gasteiger partial charge < -0.3 is 10.5 Å². The van der Waals surface area contributed by atoms with Crippen molar-refractivity contribution >= 4 is 5.97 Å². The zero-order valence-electron chi connectivity index (χ0n) is 8.56. The second kappa shape index (κ2) is 3.58. The summed E-state index contributed by atoms with van der Waals surface area (Å²) in [7, 11) is 0. The summed E-state index contributed by atoms with van der Waals surface area (Å²) in [6, 6.07) is 0. The normalized spacial score (nSPS) is 17.2. The quantitative estimate of drug-likeness (QED) is 0.734. The minimum Gasteiger partial charge on any atom is -0.462 e. The second-order valence-electron chi connectivity index (χ2n) is 3.67. The molecule has 15 heavy (non-hydrogen) atoms. The third-order valence-corrected chi connectivity index (χ3v) is 2.40. The number of nitrogens with zero attached hydrogens (tertiary/aromatic N) is 2. The van der Waals surface area contributed by atoms with Gasteiger partial charge in [0.1, 0.15) is 5.82 Å². The predicted octanol–water partition coefficient (Wildman–Crippen LogP) is 0.601. The zero-order chi connectivity index (χ0) is 10.9. The molecular formula is C10H13N3O2. The van der Waals surface area contributed by atoms with Crippen LogP contribution in [0, 0.1) is 0 Å². The second-order valence-corrected chi connectivity index (χ2v) is 3.67. The maximum absolute atomic E-state index is 11.3. The van der Waals surface area contributed by atoms with E-state index in [1.807, 2.05) is 0 Å². The highest BCUT2D eigenvalue weighted by molar-refractivity contribution is 5.88. The molecular weight excluding hydrogens is 194 g/mol. The number of nitrogens with two attached hydrogens (primary N) is 1. The van der Waals surface area contributed by atoms with Crippen molar-refractivity contribution in [1.29, 1.82) is 0 Å². The average molecular weight is 207 g/mol. The van der Waals surface area contributed by atoms with Crippen molar-refractivity contribution in [2.24, 2.45) is 5.73 Å². The third kappa shape index (κ3) is 1.97. The van der Waals surface area contributed by atoms with Crippen LogP contribution < -0.4 is 5.73 Å². The number of hydrogen-bond donors (Lipinski definition) is 1. The summed E-state index contributed by atoms with van der Waals surface area (Å²) < 4.78 is 4.82. The Labute approximate surface area is 87.7 Å². The van der Waals surface area contributed by atoms with Gasteiger partial charge in [0.15, 0.2) is 0 Å². The monoisotopic (exact) mass is 207 g/mol. The first-order valence-electron chi connectivity index (χ1n) is 4.94. The number of rotatable bonds is 3. The first-order chi connectivity index (χ1) is 7.15. The van der Waals surface area contributed by atoms with Gasteiger partial charge in [-0.15, -0.1) is 0 Å². The minimum atomic E-state index is -0.397. The van der Waals surface area contributed by atoms with E-state index >= 15 is 0 Å². The highest BCUT2D eigenvalue weighted by atomic mass is 16.5. The Hall–Kier alpha value is -1.49. The maximum atomic E-state index is 11.3. The van der Waals surface area contributed by atoms with Crippen molar-refractivity contribution in [3.05, 3.63) is 23.8 Å². The molecule has 1 aliphatic carbocycles. The van der Waals surface area contributed by atoms with Gasteiger partial charge in [0.2, 0.25) is 0 Å². The molecule has 0 amide bonds. The van der Waals surface area contributed by atoms with Gasteiger partial charge in [0, 0.05) is 12.4 Å². The van der Waals surface area contributed by atoms with Gasteiger partial charge in [0.05, 0.1) is 17.7 Å². The van der Waals surface area contributed by atoms with E-state index in [0.29, 0.717) is 18.0 Å². The molecule has 5 nitrogen and oxygen atoms in total. The summed E-state index contributed by atoms with van der Waals surface area (Å²) in [5.74, 6) is 0.210. The van der Waals surface area contributed by atoms with Crippen molar-refractivity contribution in [3.63, 3.8) is 0 Å².